The molecule has 3 N–H and O–H groups in total. The van der Waals surface area contributed by atoms with E-state index in [9.17, 15) is 15.3 Å². The first-order valence-corrected chi connectivity index (χ1v) is 6.82. The first kappa shape index (κ1) is 15.4. The van der Waals surface area contributed by atoms with Gasteiger partial charge in [0.2, 0.25) is 0 Å². The maximum Gasteiger partial charge on any atom is 0.122 e. The lowest BCUT2D eigenvalue weighted by molar-refractivity contribution is 0.450. The van der Waals surface area contributed by atoms with Gasteiger partial charge in [0.25, 0.3) is 0 Å². The summed E-state index contributed by atoms with van der Waals surface area (Å²) in [6.45, 7) is 5.67. The molecule has 2 rings (SSSR count). The van der Waals surface area contributed by atoms with Crippen LogP contribution in [-0.2, 0) is 0 Å². The quantitative estimate of drug-likeness (QED) is 0.572. The maximum atomic E-state index is 9.83. The standard InChI is InChI=1S/C19H18O3/c1-13(2)3-7-16-9-14(6-8-19(16)22)4-5-15-10-17(20)12-18(21)11-15/h3-12,20-22H,1H2,2H3/b5-4+,7-3?. The van der Waals surface area contributed by atoms with Gasteiger partial charge in [-0.3, -0.25) is 0 Å². The van der Waals surface area contributed by atoms with Crippen LogP contribution in [0.4, 0.5) is 0 Å². The van der Waals surface area contributed by atoms with Crippen LogP contribution in [-0.4, -0.2) is 15.3 Å². The third-order valence-electron chi connectivity index (χ3n) is 2.99. The van der Waals surface area contributed by atoms with Crippen LogP contribution >= 0.6 is 0 Å². The van der Waals surface area contributed by atoms with Gasteiger partial charge in [0.05, 0.1) is 0 Å². The predicted molar refractivity (Wildman–Crippen MR) is 90.7 cm³/mol. The minimum Gasteiger partial charge on any atom is -0.508 e. The molecule has 3 nitrogen and oxygen atoms in total. The Morgan fingerprint density at radius 2 is 1.50 bits per heavy atom. The highest BCUT2D eigenvalue weighted by molar-refractivity contribution is 5.73. The van der Waals surface area contributed by atoms with Crippen LogP contribution in [0.1, 0.15) is 23.6 Å². The summed E-state index contributed by atoms with van der Waals surface area (Å²) in [5.41, 5.74) is 3.17. The van der Waals surface area contributed by atoms with Crippen LogP contribution in [0.5, 0.6) is 17.2 Å². The van der Waals surface area contributed by atoms with Gasteiger partial charge >= 0.3 is 0 Å². The minimum atomic E-state index is 0.00966. The molecule has 0 bridgehead atoms. The summed E-state index contributed by atoms with van der Waals surface area (Å²) in [5.74, 6) is 0.218. The van der Waals surface area contributed by atoms with Crippen molar-refractivity contribution in [1.29, 1.82) is 0 Å². The van der Waals surface area contributed by atoms with Crippen molar-refractivity contribution in [1.82, 2.24) is 0 Å². The zero-order chi connectivity index (χ0) is 16.1. The van der Waals surface area contributed by atoms with E-state index in [0.29, 0.717) is 11.1 Å². The van der Waals surface area contributed by atoms with Crippen molar-refractivity contribution in [3.63, 3.8) is 0 Å². The highest BCUT2D eigenvalue weighted by Gasteiger charge is 1.99. The van der Waals surface area contributed by atoms with Crippen molar-refractivity contribution in [2.75, 3.05) is 0 Å². The first-order chi connectivity index (χ1) is 10.4. The molecule has 0 spiro atoms. The Morgan fingerprint density at radius 3 is 2.14 bits per heavy atom. The Morgan fingerprint density at radius 1 is 0.864 bits per heavy atom. The monoisotopic (exact) mass is 294 g/mol. The zero-order valence-corrected chi connectivity index (χ0v) is 12.3. The van der Waals surface area contributed by atoms with Gasteiger partial charge in [0.1, 0.15) is 17.2 Å². The highest BCUT2D eigenvalue weighted by Crippen LogP contribution is 2.24. The Bertz CT molecular complexity index is 735. The second-order valence-electron chi connectivity index (χ2n) is 5.11. The van der Waals surface area contributed by atoms with Crippen molar-refractivity contribution in [2.45, 2.75) is 6.92 Å². The van der Waals surface area contributed by atoms with E-state index in [1.807, 2.05) is 25.1 Å². The highest BCUT2D eigenvalue weighted by atomic mass is 16.3. The molecule has 0 atom stereocenters. The van der Waals surface area contributed by atoms with Crippen molar-refractivity contribution in [2.24, 2.45) is 0 Å². The maximum absolute atomic E-state index is 9.83. The van der Waals surface area contributed by atoms with Gasteiger partial charge in [-0.15, -0.1) is 0 Å². The molecular weight excluding hydrogens is 276 g/mol. The lowest BCUT2D eigenvalue weighted by atomic mass is 10.1. The SMILES string of the molecule is C=C(C)C=Cc1cc(/C=C/c2cc(O)cc(O)c2)ccc1O. The average Bonchev–Trinajstić information content (AvgIpc) is 2.44. The summed E-state index contributed by atoms with van der Waals surface area (Å²) >= 11 is 0. The molecular formula is C19H18O3. The van der Waals surface area contributed by atoms with Crippen molar-refractivity contribution in [3.8, 4) is 17.2 Å². The van der Waals surface area contributed by atoms with E-state index in [1.165, 1.54) is 6.07 Å². The summed E-state index contributed by atoms with van der Waals surface area (Å²) in [4.78, 5) is 0. The summed E-state index contributed by atoms with van der Waals surface area (Å²) < 4.78 is 0. The van der Waals surface area contributed by atoms with Crippen LogP contribution in [0.15, 0.2) is 54.6 Å². The molecule has 3 heteroatoms. The first-order valence-electron chi connectivity index (χ1n) is 6.82. The molecule has 0 aliphatic carbocycles. The smallest absolute Gasteiger partial charge is 0.122 e. The molecule has 0 heterocycles. The molecule has 112 valence electrons. The second-order valence-corrected chi connectivity index (χ2v) is 5.11. The molecule has 0 radical (unpaired) electrons. The number of hydrogen-bond donors (Lipinski definition) is 3. The van der Waals surface area contributed by atoms with Gasteiger partial charge in [0.15, 0.2) is 0 Å². The van der Waals surface area contributed by atoms with E-state index in [4.69, 9.17) is 0 Å². The minimum absolute atomic E-state index is 0.00966. The number of allylic oxidation sites excluding steroid dienone is 2. The number of hydrogen-bond acceptors (Lipinski definition) is 3. The van der Waals surface area contributed by atoms with E-state index < -0.39 is 0 Å². The van der Waals surface area contributed by atoms with Crippen molar-refractivity contribution in [3.05, 3.63) is 71.3 Å². The van der Waals surface area contributed by atoms with Crippen LogP contribution in [0.3, 0.4) is 0 Å². The molecule has 0 fully saturated rings. The molecule has 0 saturated carbocycles. The van der Waals surface area contributed by atoms with E-state index in [-0.39, 0.29) is 17.2 Å². The predicted octanol–water partition coefficient (Wildman–Crippen LogP) is 4.56. The summed E-state index contributed by atoms with van der Waals surface area (Å²) in [6.07, 6.45) is 7.24. The third kappa shape index (κ3) is 4.28. The number of rotatable bonds is 4. The summed E-state index contributed by atoms with van der Waals surface area (Å²) in [7, 11) is 0. The van der Waals surface area contributed by atoms with Gasteiger partial charge in [-0.25, -0.2) is 0 Å². The number of aromatic hydroxyl groups is 3. The molecule has 0 aromatic heterocycles. The van der Waals surface area contributed by atoms with Crippen molar-refractivity contribution >= 4 is 18.2 Å². The Kier molecular flexibility index (Phi) is 4.69. The van der Waals surface area contributed by atoms with Crippen LogP contribution in [0.2, 0.25) is 0 Å². The lowest BCUT2D eigenvalue weighted by Gasteiger charge is -2.02. The molecule has 0 aliphatic rings. The largest absolute Gasteiger partial charge is 0.508 e. The summed E-state index contributed by atoms with van der Waals surface area (Å²) in [6, 6.07) is 9.63. The van der Waals surface area contributed by atoms with Gasteiger partial charge in [-0.1, -0.05) is 42.5 Å². The topological polar surface area (TPSA) is 60.7 Å². The Hall–Kier alpha value is -2.94. The van der Waals surface area contributed by atoms with E-state index >= 15 is 0 Å². The molecule has 0 aliphatic heterocycles. The third-order valence-corrected chi connectivity index (χ3v) is 2.99. The molecule has 22 heavy (non-hydrogen) atoms. The molecule has 0 amide bonds. The molecule has 0 unspecified atom stereocenters. The number of phenolic OH excluding ortho intramolecular Hbond substituents is 3. The fourth-order valence-corrected chi connectivity index (χ4v) is 1.95. The van der Waals surface area contributed by atoms with E-state index in [0.717, 1.165) is 11.1 Å². The summed E-state index contributed by atoms with van der Waals surface area (Å²) in [5, 5.41) is 28.7. The van der Waals surface area contributed by atoms with Gasteiger partial charge in [-0.2, -0.15) is 0 Å². The van der Waals surface area contributed by atoms with Gasteiger partial charge in [0, 0.05) is 11.6 Å². The van der Waals surface area contributed by atoms with Crippen LogP contribution in [0, 0.1) is 0 Å². The molecule has 2 aromatic carbocycles. The Balaban J connectivity index is 2.27. The number of phenols is 3. The van der Waals surface area contributed by atoms with E-state index in [2.05, 4.69) is 6.58 Å². The fourth-order valence-electron chi connectivity index (χ4n) is 1.95. The van der Waals surface area contributed by atoms with Crippen molar-refractivity contribution < 1.29 is 15.3 Å². The fraction of sp³-hybridized carbons (Fsp3) is 0.0526. The van der Waals surface area contributed by atoms with E-state index in [1.54, 1.807) is 36.4 Å². The molecule has 2 aromatic rings. The second kappa shape index (κ2) is 6.68. The average molecular weight is 294 g/mol. The number of benzene rings is 2. The van der Waals surface area contributed by atoms with Crippen LogP contribution in [0.25, 0.3) is 18.2 Å². The lowest BCUT2D eigenvalue weighted by Crippen LogP contribution is -1.79. The Labute approximate surface area is 129 Å². The van der Waals surface area contributed by atoms with Crippen LogP contribution < -0.4 is 0 Å². The normalized spacial score (nSPS) is 11.3. The van der Waals surface area contributed by atoms with Gasteiger partial charge < -0.3 is 15.3 Å². The molecule has 0 saturated heterocycles. The zero-order valence-electron chi connectivity index (χ0n) is 12.3. The van der Waals surface area contributed by atoms with Gasteiger partial charge in [-0.05, 0) is 42.3 Å².